The van der Waals surface area contributed by atoms with E-state index < -0.39 is 0 Å². The largest absolute Gasteiger partial charge is 0.381 e. The van der Waals surface area contributed by atoms with E-state index in [9.17, 15) is 0 Å². The molecule has 0 aliphatic rings. The van der Waals surface area contributed by atoms with Gasteiger partial charge in [0.15, 0.2) is 0 Å². The Hall–Kier alpha value is -1.26. The Bertz CT molecular complexity index is 866. The quantitative estimate of drug-likeness (QED) is 0.381. The highest BCUT2D eigenvalue weighted by molar-refractivity contribution is 6.32. The maximum Gasteiger partial charge on any atom is 0.0731 e. The van der Waals surface area contributed by atoms with E-state index in [0.717, 1.165) is 60.0 Å². The first-order valence-electron chi connectivity index (χ1n) is 9.69. The molecule has 28 heavy (non-hydrogen) atoms. The first-order valence-corrected chi connectivity index (χ1v) is 10.4. The number of anilines is 1. The van der Waals surface area contributed by atoms with Crippen LogP contribution in [0.15, 0.2) is 36.4 Å². The first-order chi connectivity index (χ1) is 13.0. The summed E-state index contributed by atoms with van der Waals surface area (Å²) in [6.07, 6.45) is 2.27. The van der Waals surface area contributed by atoms with Crippen LogP contribution in [0.2, 0.25) is 10.0 Å². The lowest BCUT2D eigenvalue weighted by Crippen LogP contribution is -2.25. The Morgan fingerprint density at radius 1 is 0.964 bits per heavy atom. The maximum absolute atomic E-state index is 6.27. The Labute approximate surface area is 183 Å². The molecule has 0 bridgehead atoms. The van der Waals surface area contributed by atoms with Crippen LogP contribution in [-0.4, -0.2) is 35.6 Å². The average Bonchev–Trinajstić information content (AvgIpc) is 2.66. The van der Waals surface area contributed by atoms with Gasteiger partial charge in [-0.3, -0.25) is 0 Å². The average molecular weight is 441 g/mol. The standard InChI is InChI=1S/C22H27Cl2N3.ClH/c1-4-27(5-2)12-6-7-15(3)25-22-18-13-16(23)8-10-20(18)26-21-11-9-17(24)14-19(21)22;/h8-11,13-15H,4-7,12H2,1-3H3,(H,25,26);1H. The van der Waals surface area contributed by atoms with Crippen LogP contribution in [0.1, 0.15) is 33.6 Å². The number of nitrogens with zero attached hydrogens (tertiary/aromatic N) is 2. The van der Waals surface area contributed by atoms with E-state index in [4.69, 9.17) is 28.2 Å². The summed E-state index contributed by atoms with van der Waals surface area (Å²) in [6, 6.07) is 12.0. The van der Waals surface area contributed by atoms with Crippen LogP contribution in [0, 0.1) is 0 Å². The van der Waals surface area contributed by atoms with Crippen LogP contribution in [0.25, 0.3) is 21.8 Å². The number of halogens is 3. The van der Waals surface area contributed by atoms with E-state index in [-0.39, 0.29) is 12.4 Å². The summed E-state index contributed by atoms with van der Waals surface area (Å²) in [7, 11) is 0. The zero-order chi connectivity index (χ0) is 19.4. The molecule has 1 aromatic heterocycles. The maximum atomic E-state index is 6.27. The fraction of sp³-hybridized carbons (Fsp3) is 0.409. The minimum atomic E-state index is 0. The SMILES string of the molecule is CCN(CC)CCCC(C)Nc1c2cc(Cl)ccc2nc2ccc(Cl)cc12.Cl. The summed E-state index contributed by atoms with van der Waals surface area (Å²) in [6.45, 7) is 10.0. The minimum Gasteiger partial charge on any atom is -0.381 e. The van der Waals surface area contributed by atoms with Crippen molar-refractivity contribution in [1.82, 2.24) is 9.88 Å². The smallest absolute Gasteiger partial charge is 0.0731 e. The van der Waals surface area contributed by atoms with Crippen LogP contribution in [0.5, 0.6) is 0 Å². The molecule has 3 nitrogen and oxygen atoms in total. The van der Waals surface area contributed by atoms with E-state index in [2.05, 4.69) is 31.0 Å². The van der Waals surface area contributed by atoms with E-state index in [1.807, 2.05) is 36.4 Å². The lowest BCUT2D eigenvalue weighted by atomic mass is 10.1. The van der Waals surface area contributed by atoms with Gasteiger partial charge in [0.1, 0.15) is 0 Å². The Morgan fingerprint density at radius 2 is 1.50 bits per heavy atom. The molecule has 0 aliphatic heterocycles. The van der Waals surface area contributed by atoms with E-state index >= 15 is 0 Å². The van der Waals surface area contributed by atoms with Gasteiger partial charge in [-0.05, 0) is 75.8 Å². The highest BCUT2D eigenvalue weighted by atomic mass is 35.5. The number of rotatable bonds is 8. The highest BCUT2D eigenvalue weighted by Crippen LogP contribution is 2.34. The molecule has 0 spiro atoms. The third-order valence-corrected chi connectivity index (χ3v) is 5.56. The van der Waals surface area contributed by atoms with Crippen molar-refractivity contribution < 1.29 is 0 Å². The number of pyridine rings is 1. The van der Waals surface area contributed by atoms with Crippen LogP contribution < -0.4 is 5.32 Å². The van der Waals surface area contributed by atoms with Gasteiger partial charge in [-0.1, -0.05) is 37.0 Å². The fourth-order valence-electron chi connectivity index (χ4n) is 3.52. The van der Waals surface area contributed by atoms with Crippen molar-refractivity contribution in [2.24, 2.45) is 0 Å². The van der Waals surface area contributed by atoms with Gasteiger partial charge in [0, 0.05) is 26.9 Å². The molecule has 0 aliphatic carbocycles. The van der Waals surface area contributed by atoms with Crippen LogP contribution >= 0.6 is 35.6 Å². The molecule has 0 amide bonds. The molecule has 1 atom stereocenters. The minimum absolute atomic E-state index is 0. The molecule has 0 saturated heterocycles. The van der Waals surface area contributed by atoms with Gasteiger partial charge in [0.25, 0.3) is 0 Å². The van der Waals surface area contributed by atoms with Crippen LogP contribution in [-0.2, 0) is 0 Å². The topological polar surface area (TPSA) is 28.2 Å². The summed E-state index contributed by atoms with van der Waals surface area (Å²) in [5.74, 6) is 0. The van der Waals surface area contributed by atoms with Gasteiger partial charge in [0.05, 0.1) is 16.7 Å². The van der Waals surface area contributed by atoms with E-state index in [1.54, 1.807) is 0 Å². The van der Waals surface area contributed by atoms with E-state index in [1.165, 1.54) is 0 Å². The number of hydrogen-bond donors (Lipinski definition) is 1. The van der Waals surface area contributed by atoms with Gasteiger partial charge in [-0.25, -0.2) is 4.98 Å². The Kier molecular flexibility index (Phi) is 8.63. The van der Waals surface area contributed by atoms with Crippen molar-refractivity contribution in [1.29, 1.82) is 0 Å². The Morgan fingerprint density at radius 3 is 2.00 bits per heavy atom. The monoisotopic (exact) mass is 439 g/mol. The first kappa shape index (κ1) is 23.0. The predicted octanol–water partition coefficient (Wildman–Crippen LogP) is 7.04. The molecule has 1 N–H and O–H groups in total. The van der Waals surface area contributed by atoms with Crippen molar-refractivity contribution in [2.45, 2.75) is 39.7 Å². The number of hydrogen-bond acceptors (Lipinski definition) is 3. The summed E-state index contributed by atoms with van der Waals surface area (Å²) in [5, 5.41) is 7.21. The molecule has 0 fully saturated rings. The molecule has 3 aromatic rings. The summed E-state index contributed by atoms with van der Waals surface area (Å²) in [4.78, 5) is 7.23. The normalized spacial score (nSPS) is 12.4. The van der Waals surface area contributed by atoms with Crippen molar-refractivity contribution in [3.8, 4) is 0 Å². The molecule has 152 valence electrons. The molecule has 1 heterocycles. The zero-order valence-electron chi connectivity index (χ0n) is 16.6. The number of aromatic nitrogens is 1. The number of nitrogens with one attached hydrogen (secondary N) is 1. The third-order valence-electron chi connectivity index (χ3n) is 5.09. The second-order valence-electron chi connectivity index (χ2n) is 7.02. The van der Waals surface area contributed by atoms with Gasteiger partial charge in [0.2, 0.25) is 0 Å². The second kappa shape index (κ2) is 10.5. The molecule has 0 saturated carbocycles. The predicted molar refractivity (Wildman–Crippen MR) is 127 cm³/mol. The molecule has 1 unspecified atom stereocenters. The van der Waals surface area contributed by atoms with Gasteiger partial charge >= 0.3 is 0 Å². The third kappa shape index (κ3) is 5.42. The molecule has 2 aromatic carbocycles. The highest BCUT2D eigenvalue weighted by Gasteiger charge is 2.13. The lowest BCUT2D eigenvalue weighted by molar-refractivity contribution is 0.295. The van der Waals surface area contributed by atoms with Crippen LogP contribution in [0.3, 0.4) is 0 Å². The van der Waals surface area contributed by atoms with Gasteiger partial charge in [-0.2, -0.15) is 0 Å². The second-order valence-corrected chi connectivity index (χ2v) is 7.90. The lowest BCUT2D eigenvalue weighted by Gasteiger charge is -2.21. The summed E-state index contributed by atoms with van der Waals surface area (Å²) < 4.78 is 0. The van der Waals surface area contributed by atoms with Crippen molar-refractivity contribution in [3.63, 3.8) is 0 Å². The Balaban J connectivity index is 0.00000280. The summed E-state index contributed by atoms with van der Waals surface area (Å²) in [5.41, 5.74) is 2.94. The van der Waals surface area contributed by atoms with Crippen LogP contribution in [0.4, 0.5) is 5.69 Å². The number of benzene rings is 2. The fourth-order valence-corrected chi connectivity index (χ4v) is 3.87. The zero-order valence-corrected chi connectivity index (χ0v) is 19.0. The molecular weight excluding hydrogens is 413 g/mol. The molecule has 3 rings (SSSR count). The van der Waals surface area contributed by atoms with Crippen molar-refractivity contribution in [2.75, 3.05) is 25.0 Å². The number of fused-ring (bicyclic) bond motifs is 2. The summed E-state index contributed by atoms with van der Waals surface area (Å²) >= 11 is 12.5. The molecule has 6 heteroatoms. The van der Waals surface area contributed by atoms with Gasteiger partial charge < -0.3 is 10.2 Å². The molecule has 0 radical (unpaired) electrons. The van der Waals surface area contributed by atoms with Crippen molar-refractivity contribution in [3.05, 3.63) is 46.4 Å². The van der Waals surface area contributed by atoms with E-state index in [0.29, 0.717) is 16.1 Å². The van der Waals surface area contributed by atoms with Gasteiger partial charge in [-0.15, -0.1) is 12.4 Å². The van der Waals surface area contributed by atoms with Crippen molar-refractivity contribution >= 4 is 63.1 Å². The molecular formula is C22H28Cl3N3.